The van der Waals surface area contributed by atoms with E-state index in [9.17, 15) is 10.1 Å². The third-order valence-corrected chi connectivity index (χ3v) is 2.47. The number of hydrogen-bond acceptors (Lipinski definition) is 4. The number of para-hydroxylation sites is 1. The SMILES string of the molecule is Cc1cccc([N+](=O)[O-])c1OCCCCC(=N)N. The number of nitro benzene ring substituents is 1. The predicted molar refractivity (Wildman–Crippen MR) is 69.1 cm³/mol. The highest BCUT2D eigenvalue weighted by atomic mass is 16.6. The van der Waals surface area contributed by atoms with E-state index in [1.807, 2.05) is 0 Å². The van der Waals surface area contributed by atoms with Crippen molar-refractivity contribution in [3.8, 4) is 5.75 Å². The normalized spacial score (nSPS) is 10.1. The van der Waals surface area contributed by atoms with Gasteiger partial charge in [0.1, 0.15) is 0 Å². The maximum Gasteiger partial charge on any atom is 0.311 e. The first-order valence-electron chi connectivity index (χ1n) is 5.72. The smallest absolute Gasteiger partial charge is 0.311 e. The Morgan fingerprint density at radius 3 is 2.83 bits per heavy atom. The van der Waals surface area contributed by atoms with Crippen molar-refractivity contribution in [2.75, 3.05) is 6.61 Å². The summed E-state index contributed by atoms with van der Waals surface area (Å²) in [6.45, 7) is 2.16. The highest BCUT2D eigenvalue weighted by Crippen LogP contribution is 2.30. The lowest BCUT2D eigenvalue weighted by Gasteiger charge is -2.09. The molecule has 0 radical (unpaired) electrons. The molecule has 6 nitrogen and oxygen atoms in total. The molecule has 0 aliphatic carbocycles. The van der Waals surface area contributed by atoms with Crippen molar-refractivity contribution < 1.29 is 9.66 Å². The lowest BCUT2D eigenvalue weighted by Crippen LogP contribution is -2.09. The second-order valence-corrected chi connectivity index (χ2v) is 4.01. The first kappa shape index (κ1) is 14.0. The van der Waals surface area contributed by atoms with Gasteiger partial charge in [0.25, 0.3) is 0 Å². The molecule has 1 aromatic carbocycles. The number of nitrogens with one attached hydrogen (secondary N) is 1. The minimum absolute atomic E-state index is 0.0124. The number of nitro groups is 1. The molecule has 0 fully saturated rings. The summed E-state index contributed by atoms with van der Waals surface area (Å²) in [5.41, 5.74) is 5.96. The van der Waals surface area contributed by atoms with Crippen LogP contribution in [0.15, 0.2) is 18.2 Å². The predicted octanol–water partition coefficient (Wildman–Crippen LogP) is 2.39. The molecule has 0 spiro atoms. The number of aryl methyl sites for hydroxylation is 1. The van der Waals surface area contributed by atoms with Gasteiger partial charge in [-0.05, 0) is 25.3 Å². The summed E-state index contributed by atoms with van der Waals surface area (Å²) in [6.07, 6.45) is 1.99. The van der Waals surface area contributed by atoms with E-state index in [0.717, 1.165) is 12.0 Å². The molecule has 0 amide bonds. The van der Waals surface area contributed by atoms with Crippen LogP contribution in [0.5, 0.6) is 5.75 Å². The highest BCUT2D eigenvalue weighted by Gasteiger charge is 2.16. The Labute approximate surface area is 105 Å². The Balaban J connectivity index is 2.56. The van der Waals surface area contributed by atoms with Gasteiger partial charge in [0.05, 0.1) is 17.4 Å². The number of benzene rings is 1. The lowest BCUT2D eigenvalue weighted by molar-refractivity contribution is -0.385. The van der Waals surface area contributed by atoms with Crippen molar-refractivity contribution in [1.29, 1.82) is 5.41 Å². The first-order chi connectivity index (χ1) is 8.52. The molecule has 0 aromatic heterocycles. The molecule has 6 heteroatoms. The Hall–Kier alpha value is -2.11. The summed E-state index contributed by atoms with van der Waals surface area (Å²) in [5.74, 6) is 0.474. The fourth-order valence-corrected chi connectivity index (χ4v) is 1.56. The molecule has 1 aromatic rings. The van der Waals surface area contributed by atoms with Crippen molar-refractivity contribution in [2.24, 2.45) is 5.73 Å². The van der Waals surface area contributed by atoms with Crippen molar-refractivity contribution in [3.05, 3.63) is 33.9 Å². The molecule has 0 saturated carbocycles. The molecule has 0 unspecified atom stereocenters. The Morgan fingerprint density at radius 2 is 2.22 bits per heavy atom. The van der Waals surface area contributed by atoms with Crippen LogP contribution in [0.4, 0.5) is 5.69 Å². The zero-order valence-corrected chi connectivity index (χ0v) is 10.3. The van der Waals surface area contributed by atoms with Crippen LogP contribution in [0.2, 0.25) is 0 Å². The summed E-state index contributed by atoms with van der Waals surface area (Å²) < 4.78 is 5.46. The van der Waals surface area contributed by atoms with Gasteiger partial charge in [-0.25, -0.2) is 0 Å². The molecule has 1 rings (SSSR count). The number of hydrogen-bond donors (Lipinski definition) is 2. The van der Waals surface area contributed by atoms with Gasteiger partial charge in [-0.3, -0.25) is 15.5 Å². The summed E-state index contributed by atoms with van der Waals surface area (Å²) in [6, 6.07) is 4.84. The van der Waals surface area contributed by atoms with E-state index in [1.54, 1.807) is 19.1 Å². The van der Waals surface area contributed by atoms with Gasteiger partial charge in [0, 0.05) is 12.5 Å². The molecular weight excluding hydrogens is 234 g/mol. The Bertz CT molecular complexity index is 446. The summed E-state index contributed by atoms with van der Waals surface area (Å²) in [4.78, 5) is 10.4. The fourth-order valence-electron chi connectivity index (χ4n) is 1.56. The monoisotopic (exact) mass is 251 g/mol. The molecule has 0 aliphatic heterocycles. The van der Waals surface area contributed by atoms with Gasteiger partial charge < -0.3 is 10.5 Å². The maximum atomic E-state index is 10.8. The zero-order valence-electron chi connectivity index (χ0n) is 10.3. The summed E-state index contributed by atoms with van der Waals surface area (Å²) in [5, 5.41) is 17.9. The van der Waals surface area contributed by atoms with Crippen molar-refractivity contribution >= 4 is 11.5 Å². The van der Waals surface area contributed by atoms with Crippen LogP contribution in [-0.2, 0) is 0 Å². The number of nitrogens with two attached hydrogens (primary N) is 1. The van der Waals surface area contributed by atoms with Crippen molar-refractivity contribution in [3.63, 3.8) is 0 Å². The third-order valence-electron chi connectivity index (χ3n) is 2.47. The summed E-state index contributed by atoms with van der Waals surface area (Å²) in [7, 11) is 0. The number of nitrogens with zero attached hydrogens (tertiary/aromatic N) is 1. The van der Waals surface area contributed by atoms with Crippen LogP contribution < -0.4 is 10.5 Å². The molecule has 3 N–H and O–H groups in total. The minimum atomic E-state index is -0.447. The van der Waals surface area contributed by atoms with E-state index in [1.165, 1.54) is 6.07 Å². The van der Waals surface area contributed by atoms with E-state index in [-0.39, 0.29) is 11.5 Å². The summed E-state index contributed by atoms with van der Waals surface area (Å²) >= 11 is 0. The number of rotatable bonds is 7. The van der Waals surface area contributed by atoms with Gasteiger partial charge in [0.15, 0.2) is 5.75 Å². The third kappa shape index (κ3) is 4.04. The molecule has 98 valence electrons. The Morgan fingerprint density at radius 1 is 1.50 bits per heavy atom. The van der Waals surface area contributed by atoms with Gasteiger partial charge in [0.2, 0.25) is 0 Å². The first-order valence-corrected chi connectivity index (χ1v) is 5.72. The van der Waals surface area contributed by atoms with Crippen LogP contribution in [-0.4, -0.2) is 17.4 Å². The van der Waals surface area contributed by atoms with Crippen molar-refractivity contribution in [2.45, 2.75) is 26.2 Å². The molecule has 0 aliphatic rings. The molecule has 0 heterocycles. The van der Waals surface area contributed by atoms with Gasteiger partial charge in [-0.2, -0.15) is 0 Å². The lowest BCUT2D eigenvalue weighted by atomic mass is 10.2. The zero-order chi connectivity index (χ0) is 13.5. The van der Waals surface area contributed by atoms with E-state index < -0.39 is 4.92 Å². The standard InChI is InChI=1S/C12H17N3O3/c1-9-5-4-6-10(15(16)17)12(9)18-8-3-2-7-11(13)14/h4-6H,2-3,7-8H2,1H3,(H3,13,14). The molecular formula is C12H17N3O3. The quantitative estimate of drug-likeness (QED) is 0.255. The second-order valence-electron chi connectivity index (χ2n) is 4.01. The van der Waals surface area contributed by atoms with Crippen LogP contribution in [0.3, 0.4) is 0 Å². The van der Waals surface area contributed by atoms with E-state index in [2.05, 4.69) is 0 Å². The van der Waals surface area contributed by atoms with Gasteiger partial charge >= 0.3 is 5.69 Å². The molecule has 18 heavy (non-hydrogen) atoms. The fraction of sp³-hybridized carbons (Fsp3) is 0.417. The average Bonchev–Trinajstić information content (AvgIpc) is 2.29. The second kappa shape index (κ2) is 6.58. The molecule has 0 atom stereocenters. The molecule has 0 bridgehead atoms. The number of ether oxygens (including phenoxy) is 1. The topological polar surface area (TPSA) is 102 Å². The van der Waals surface area contributed by atoms with E-state index in [0.29, 0.717) is 25.2 Å². The number of amidine groups is 1. The highest BCUT2D eigenvalue weighted by molar-refractivity contribution is 5.76. The van der Waals surface area contributed by atoms with E-state index in [4.69, 9.17) is 15.9 Å². The Kier molecular flexibility index (Phi) is 5.10. The largest absolute Gasteiger partial charge is 0.487 e. The number of unbranched alkanes of at least 4 members (excludes halogenated alkanes) is 1. The van der Waals surface area contributed by atoms with Crippen LogP contribution in [0.25, 0.3) is 0 Å². The van der Waals surface area contributed by atoms with Gasteiger partial charge in [-0.1, -0.05) is 12.1 Å². The van der Waals surface area contributed by atoms with Crippen LogP contribution in [0, 0.1) is 22.4 Å². The van der Waals surface area contributed by atoms with Crippen molar-refractivity contribution in [1.82, 2.24) is 0 Å². The minimum Gasteiger partial charge on any atom is -0.487 e. The van der Waals surface area contributed by atoms with Gasteiger partial charge in [-0.15, -0.1) is 0 Å². The van der Waals surface area contributed by atoms with E-state index >= 15 is 0 Å². The maximum absolute atomic E-state index is 10.8. The van der Waals surface area contributed by atoms with Crippen LogP contribution >= 0.6 is 0 Å². The molecule has 0 saturated heterocycles. The average molecular weight is 251 g/mol. The van der Waals surface area contributed by atoms with Crippen LogP contribution in [0.1, 0.15) is 24.8 Å².